The zero-order chi connectivity index (χ0) is 83.6. The number of aliphatic hydroxyl groups is 2. The van der Waals surface area contributed by atoms with Gasteiger partial charge in [-0.05, 0) is 141 Å². The SMILES string of the molecule is CC/C=C\C/C=C\C/C=C\C/C=C\C/C=C\CCCCCCCCCCCCCCCCCC(=O)OCC(O)COP(=O)(O)OCC(O)COP(=O)(O)OCC(COC(=O)CCCCCCCCCCCCCCCCC/C=C\C/C=C\C/C=C\C/C=C\CCCCC)OC(=O)CCCCCCCCC/C=C\C/C=C\C/C=C\CC. The number of esters is 3. The first kappa shape index (κ1) is 110. The Hall–Kier alpha value is -4.57. The molecule has 16 nitrogen and oxygen atoms in total. The summed E-state index contributed by atoms with van der Waals surface area (Å²) in [5.41, 5.74) is 0. The van der Waals surface area contributed by atoms with E-state index in [2.05, 4.69) is 167 Å². The van der Waals surface area contributed by atoms with Gasteiger partial charge in [0.1, 0.15) is 25.4 Å². The monoisotopic (exact) mass is 1650 g/mol. The fraction of sp³-hybridized carbons (Fsp3) is 0.722. The van der Waals surface area contributed by atoms with Crippen LogP contribution in [-0.2, 0) is 55.8 Å². The van der Waals surface area contributed by atoms with E-state index >= 15 is 0 Å². The van der Waals surface area contributed by atoms with E-state index in [1.54, 1.807) is 0 Å². The Morgan fingerprint density at radius 3 is 0.730 bits per heavy atom. The van der Waals surface area contributed by atoms with E-state index in [4.69, 9.17) is 32.3 Å². The summed E-state index contributed by atoms with van der Waals surface area (Å²) in [6.07, 6.45) is 112. The van der Waals surface area contributed by atoms with Crippen molar-refractivity contribution in [3.63, 3.8) is 0 Å². The molecule has 18 heteroatoms. The van der Waals surface area contributed by atoms with Gasteiger partial charge < -0.3 is 34.2 Å². The molecule has 662 valence electrons. The number of hydrogen-bond donors (Lipinski definition) is 4. The normalized spacial score (nSPS) is 14.5. The van der Waals surface area contributed by atoms with Crippen LogP contribution in [0.4, 0.5) is 0 Å². The first-order chi connectivity index (χ1) is 56.2. The van der Waals surface area contributed by atoms with Crippen molar-refractivity contribution in [1.82, 2.24) is 0 Å². The van der Waals surface area contributed by atoms with Crippen molar-refractivity contribution in [3.05, 3.63) is 146 Å². The summed E-state index contributed by atoms with van der Waals surface area (Å²) < 4.78 is 61.4. The second-order valence-corrected chi connectivity index (χ2v) is 33.6. The fourth-order valence-corrected chi connectivity index (χ4v) is 14.2. The van der Waals surface area contributed by atoms with Gasteiger partial charge in [-0.15, -0.1) is 0 Å². The highest BCUT2D eigenvalue weighted by molar-refractivity contribution is 7.47. The molecule has 0 aromatic carbocycles. The van der Waals surface area contributed by atoms with Gasteiger partial charge in [-0.1, -0.05) is 378 Å². The molecule has 0 heterocycles. The average molecular weight is 1650 g/mol. The quantitative estimate of drug-likeness (QED) is 0.0146. The summed E-state index contributed by atoms with van der Waals surface area (Å²) in [5, 5.41) is 20.7. The zero-order valence-electron chi connectivity index (χ0n) is 72.9. The average Bonchev–Trinajstić information content (AvgIpc) is 0.903. The minimum Gasteiger partial charge on any atom is -0.463 e. The van der Waals surface area contributed by atoms with E-state index in [-0.39, 0.29) is 19.3 Å². The van der Waals surface area contributed by atoms with Crippen molar-refractivity contribution >= 4 is 33.6 Å². The molecule has 0 aliphatic carbocycles. The standard InChI is InChI=1S/C97H168O16P2/c1-4-7-10-13-16-19-22-25-28-31-33-35-37-39-41-43-45-47-49-51-53-55-57-60-62-65-68-71-74-77-80-83-95(100)107-86-92(98)87-109-114(103,104)110-88-93(99)89-111-115(105,106)112-91-94(113-97(102)85-82-79-76-73-70-67-64-59-30-27-24-21-18-15-12-9-6-3)90-108-96(101)84-81-78-75-72-69-66-63-61-58-56-54-52-50-48-46-44-42-40-38-36-34-32-29-26-23-20-17-14-11-8-5-2/h7,9-10,12,16-21,25-30,33-36,39-42,92-94,98-99H,4-6,8,11,13-15,22-24,31-32,37-38,43-91H2,1-3H3,(H,103,104)(H,105,106)/b10-7-,12-9-,19-16-,20-17-,21-18-,28-25-,29-26-,30-27-,35-33-,36-34-,41-39-,42-40-. The zero-order valence-corrected chi connectivity index (χ0v) is 74.7. The molecule has 4 N–H and O–H groups in total. The van der Waals surface area contributed by atoms with E-state index < -0.39 is 91.5 Å². The molecule has 115 heavy (non-hydrogen) atoms. The third-order valence-corrected chi connectivity index (χ3v) is 21.4. The van der Waals surface area contributed by atoms with Gasteiger partial charge >= 0.3 is 33.6 Å². The molecule has 0 aliphatic heterocycles. The maximum absolute atomic E-state index is 13.0. The lowest BCUT2D eigenvalue weighted by Crippen LogP contribution is -2.30. The second-order valence-electron chi connectivity index (χ2n) is 30.7. The highest BCUT2D eigenvalue weighted by Gasteiger charge is 2.29. The minimum absolute atomic E-state index is 0.0923. The number of rotatable bonds is 87. The number of phosphoric acid groups is 2. The van der Waals surface area contributed by atoms with Gasteiger partial charge in [0, 0.05) is 19.3 Å². The molecule has 5 atom stereocenters. The van der Waals surface area contributed by atoms with Crippen LogP contribution in [0.2, 0.25) is 0 Å². The van der Waals surface area contributed by atoms with E-state index in [9.17, 15) is 43.5 Å². The van der Waals surface area contributed by atoms with E-state index in [0.29, 0.717) is 19.3 Å². The van der Waals surface area contributed by atoms with Crippen LogP contribution in [0.25, 0.3) is 0 Å². The second kappa shape index (κ2) is 88.7. The maximum Gasteiger partial charge on any atom is 0.472 e. The lowest BCUT2D eigenvalue weighted by Gasteiger charge is -2.21. The molecule has 0 radical (unpaired) electrons. The van der Waals surface area contributed by atoms with E-state index in [1.807, 2.05) is 0 Å². The van der Waals surface area contributed by atoms with Gasteiger partial charge in [-0.25, -0.2) is 9.13 Å². The van der Waals surface area contributed by atoms with Gasteiger partial charge in [-0.2, -0.15) is 0 Å². The number of unbranched alkanes of at least 4 members (excludes halogenated alkanes) is 40. The summed E-state index contributed by atoms with van der Waals surface area (Å²) in [5.74, 6) is -1.57. The van der Waals surface area contributed by atoms with Crippen LogP contribution in [0.15, 0.2) is 146 Å². The smallest absolute Gasteiger partial charge is 0.463 e. The molecule has 0 aromatic heterocycles. The summed E-state index contributed by atoms with van der Waals surface area (Å²) in [4.78, 5) is 59.0. The summed E-state index contributed by atoms with van der Waals surface area (Å²) in [7, 11) is -9.81. The van der Waals surface area contributed by atoms with Crippen LogP contribution >= 0.6 is 15.6 Å². The van der Waals surface area contributed by atoms with Gasteiger partial charge in [-0.3, -0.25) is 32.5 Å². The lowest BCUT2D eigenvalue weighted by molar-refractivity contribution is -0.161. The van der Waals surface area contributed by atoms with E-state index in [0.717, 1.165) is 154 Å². The Labute approximate surface area is 702 Å². The Bertz CT molecular complexity index is 2670. The molecule has 0 spiro atoms. The van der Waals surface area contributed by atoms with Gasteiger partial charge in [0.15, 0.2) is 6.10 Å². The van der Waals surface area contributed by atoms with Gasteiger partial charge in [0.2, 0.25) is 0 Å². The molecule has 5 unspecified atom stereocenters. The molecule has 0 amide bonds. The van der Waals surface area contributed by atoms with Gasteiger partial charge in [0.25, 0.3) is 0 Å². The van der Waals surface area contributed by atoms with E-state index in [1.165, 1.54) is 180 Å². The lowest BCUT2D eigenvalue weighted by atomic mass is 10.0. The number of hydrogen-bond acceptors (Lipinski definition) is 14. The number of carbonyl (C=O) groups excluding carboxylic acids is 3. The van der Waals surface area contributed by atoms with Crippen LogP contribution in [0.5, 0.6) is 0 Å². The fourth-order valence-electron chi connectivity index (χ4n) is 12.6. The van der Waals surface area contributed by atoms with Gasteiger partial charge in [0.05, 0.1) is 26.4 Å². The third kappa shape index (κ3) is 90.0. The Balaban J connectivity index is 4.51. The number of ether oxygens (including phenoxy) is 3. The van der Waals surface area contributed by atoms with Crippen molar-refractivity contribution in [2.75, 3.05) is 39.6 Å². The van der Waals surface area contributed by atoms with Crippen molar-refractivity contribution in [3.8, 4) is 0 Å². The number of aliphatic hydroxyl groups excluding tert-OH is 2. The Morgan fingerprint density at radius 1 is 0.252 bits per heavy atom. The Kier molecular flexibility index (Phi) is 85.2. The van der Waals surface area contributed by atoms with Crippen LogP contribution in [-0.4, -0.2) is 95.9 Å². The molecular weight excluding hydrogens is 1480 g/mol. The van der Waals surface area contributed by atoms with Crippen LogP contribution in [0, 0.1) is 0 Å². The van der Waals surface area contributed by atoms with Crippen LogP contribution in [0.1, 0.15) is 393 Å². The highest BCUT2D eigenvalue weighted by atomic mass is 31.2. The van der Waals surface area contributed by atoms with Crippen LogP contribution < -0.4 is 0 Å². The van der Waals surface area contributed by atoms with Crippen LogP contribution in [0.3, 0.4) is 0 Å². The van der Waals surface area contributed by atoms with Crippen molar-refractivity contribution in [1.29, 1.82) is 0 Å². The first-order valence-electron chi connectivity index (χ1n) is 46.1. The molecule has 0 bridgehead atoms. The van der Waals surface area contributed by atoms with Crippen molar-refractivity contribution < 1.29 is 75.8 Å². The molecule has 0 rings (SSSR count). The molecule has 0 saturated carbocycles. The van der Waals surface area contributed by atoms with Crippen molar-refractivity contribution in [2.24, 2.45) is 0 Å². The molecule has 0 aromatic rings. The maximum atomic E-state index is 13.0. The predicted molar refractivity (Wildman–Crippen MR) is 482 cm³/mol. The number of phosphoric ester groups is 2. The number of allylic oxidation sites excluding steroid dienone is 24. The predicted octanol–water partition coefficient (Wildman–Crippen LogP) is 28.3. The first-order valence-corrected chi connectivity index (χ1v) is 49.1. The van der Waals surface area contributed by atoms with Crippen molar-refractivity contribution in [2.45, 2.75) is 411 Å². The third-order valence-electron chi connectivity index (χ3n) is 19.5. The Morgan fingerprint density at radius 2 is 0.461 bits per heavy atom. The molecular formula is C97H168O16P2. The summed E-state index contributed by atoms with van der Waals surface area (Å²) in [6.45, 7) is 2.47. The largest absolute Gasteiger partial charge is 0.472 e. The minimum atomic E-state index is -4.94. The molecule has 0 aliphatic rings. The molecule has 0 saturated heterocycles. The summed E-state index contributed by atoms with van der Waals surface area (Å²) >= 11 is 0. The number of carbonyl (C=O) groups is 3. The molecule has 0 fully saturated rings. The highest BCUT2D eigenvalue weighted by Crippen LogP contribution is 2.45. The topological polar surface area (TPSA) is 231 Å². The summed E-state index contributed by atoms with van der Waals surface area (Å²) in [6, 6.07) is 0.